The Morgan fingerprint density at radius 1 is 1.43 bits per heavy atom. The lowest BCUT2D eigenvalue weighted by molar-refractivity contribution is 0.228. The van der Waals surface area contributed by atoms with Gasteiger partial charge in [0.2, 0.25) is 10.0 Å². The molecule has 0 bridgehead atoms. The van der Waals surface area contributed by atoms with Gasteiger partial charge in [-0.2, -0.15) is 0 Å². The fourth-order valence-electron chi connectivity index (χ4n) is 1.87. The van der Waals surface area contributed by atoms with Gasteiger partial charge in [0.25, 0.3) is 0 Å². The molecule has 0 saturated heterocycles. The van der Waals surface area contributed by atoms with Crippen molar-refractivity contribution in [2.45, 2.75) is 31.6 Å². The number of rotatable bonds is 8. The summed E-state index contributed by atoms with van der Waals surface area (Å²) < 4.78 is 32.2. The fraction of sp³-hybridized carbons (Fsp3) is 0.571. The van der Waals surface area contributed by atoms with Crippen LogP contribution in [0, 0.1) is 12.8 Å². The molecule has 0 spiro atoms. The molecule has 1 atom stereocenters. The number of nitrogens with one attached hydrogen (secondary N) is 1. The van der Waals surface area contributed by atoms with Crippen molar-refractivity contribution >= 4 is 15.7 Å². The molecule has 6 nitrogen and oxygen atoms in total. The van der Waals surface area contributed by atoms with Crippen LogP contribution in [0.15, 0.2) is 17.0 Å². The Morgan fingerprint density at radius 3 is 2.67 bits per heavy atom. The molecule has 21 heavy (non-hydrogen) atoms. The van der Waals surface area contributed by atoms with Gasteiger partial charge in [-0.3, -0.25) is 0 Å². The molecule has 1 unspecified atom stereocenters. The molecule has 0 aliphatic carbocycles. The van der Waals surface area contributed by atoms with Gasteiger partial charge in [0, 0.05) is 18.8 Å². The molecule has 120 valence electrons. The lowest BCUT2D eigenvalue weighted by Crippen LogP contribution is -2.26. The third kappa shape index (κ3) is 4.87. The molecule has 0 aliphatic heterocycles. The van der Waals surface area contributed by atoms with E-state index in [4.69, 9.17) is 15.6 Å². The number of nitrogen functional groups attached to an aromatic ring is 1. The second-order valence-corrected chi connectivity index (χ2v) is 6.92. The molecule has 1 aromatic carbocycles. The molecule has 7 heteroatoms. The maximum absolute atomic E-state index is 12.3. The molecule has 1 rings (SSSR count). The number of anilines is 1. The minimum absolute atomic E-state index is 0.0447. The van der Waals surface area contributed by atoms with E-state index in [1.54, 1.807) is 13.0 Å². The third-order valence-corrected chi connectivity index (χ3v) is 4.80. The van der Waals surface area contributed by atoms with E-state index in [1.807, 2.05) is 6.92 Å². The lowest BCUT2D eigenvalue weighted by Gasteiger charge is -2.13. The van der Waals surface area contributed by atoms with Crippen molar-refractivity contribution < 1.29 is 18.3 Å². The number of hydrogen-bond acceptors (Lipinski definition) is 5. The molecular weight excluding hydrogens is 292 g/mol. The van der Waals surface area contributed by atoms with Crippen molar-refractivity contribution in [3.63, 3.8) is 0 Å². The van der Waals surface area contributed by atoms with Crippen molar-refractivity contribution in [1.29, 1.82) is 0 Å². The Bertz CT molecular complexity index is 573. The Hall–Kier alpha value is -1.31. The largest absolute Gasteiger partial charge is 0.495 e. The summed E-state index contributed by atoms with van der Waals surface area (Å²) >= 11 is 0. The first-order valence-electron chi connectivity index (χ1n) is 6.86. The molecule has 1 aromatic rings. The minimum atomic E-state index is -3.66. The number of ether oxygens (including phenoxy) is 1. The number of aliphatic hydroxyl groups is 1. The second-order valence-electron chi connectivity index (χ2n) is 5.19. The zero-order valence-corrected chi connectivity index (χ0v) is 13.5. The summed E-state index contributed by atoms with van der Waals surface area (Å²) in [5.41, 5.74) is 6.95. The van der Waals surface area contributed by atoms with Gasteiger partial charge in [0.1, 0.15) is 10.6 Å². The summed E-state index contributed by atoms with van der Waals surface area (Å²) in [5.74, 6) is 0.442. The molecule has 0 amide bonds. The van der Waals surface area contributed by atoms with E-state index in [0.29, 0.717) is 18.7 Å². The van der Waals surface area contributed by atoms with Crippen LogP contribution >= 0.6 is 0 Å². The van der Waals surface area contributed by atoms with E-state index in [-0.39, 0.29) is 23.2 Å². The summed E-state index contributed by atoms with van der Waals surface area (Å²) in [5, 5.41) is 8.93. The first kappa shape index (κ1) is 17.7. The van der Waals surface area contributed by atoms with Crippen molar-refractivity contribution in [1.82, 2.24) is 4.72 Å². The zero-order valence-electron chi connectivity index (χ0n) is 12.7. The third-order valence-electron chi connectivity index (χ3n) is 3.32. The molecular formula is C14H24N2O4S. The molecule has 0 aliphatic rings. The Balaban J connectivity index is 2.81. The maximum Gasteiger partial charge on any atom is 0.244 e. The van der Waals surface area contributed by atoms with E-state index < -0.39 is 10.0 Å². The van der Waals surface area contributed by atoms with Crippen LogP contribution in [-0.2, 0) is 10.0 Å². The maximum atomic E-state index is 12.3. The zero-order chi connectivity index (χ0) is 16.0. The van der Waals surface area contributed by atoms with Gasteiger partial charge in [0.05, 0.1) is 7.11 Å². The van der Waals surface area contributed by atoms with Crippen LogP contribution in [-0.4, -0.2) is 33.8 Å². The first-order chi connectivity index (χ1) is 9.81. The van der Waals surface area contributed by atoms with Crippen molar-refractivity contribution in [3.8, 4) is 5.75 Å². The molecule has 0 aromatic heterocycles. The second kappa shape index (κ2) is 7.63. The summed E-state index contributed by atoms with van der Waals surface area (Å²) in [4.78, 5) is 0.0447. The topological polar surface area (TPSA) is 102 Å². The van der Waals surface area contributed by atoms with E-state index >= 15 is 0 Å². The summed E-state index contributed by atoms with van der Waals surface area (Å²) in [6.45, 7) is 4.12. The van der Waals surface area contributed by atoms with Crippen LogP contribution < -0.4 is 15.2 Å². The molecule has 0 radical (unpaired) electrons. The van der Waals surface area contributed by atoms with Gasteiger partial charge in [-0.1, -0.05) is 6.92 Å². The van der Waals surface area contributed by atoms with E-state index in [1.165, 1.54) is 13.2 Å². The average Bonchev–Trinajstić information content (AvgIpc) is 2.45. The number of aryl methyl sites for hydroxylation is 1. The molecule has 4 N–H and O–H groups in total. The lowest BCUT2D eigenvalue weighted by atomic mass is 10.1. The van der Waals surface area contributed by atoms with Crippen LogP contribution in [0.1, 0.15) is 25.3 Å². The van der Waals surface area contributed by atoms with Gasteiger partial charge < -0.3 is 15.6 Å². The van der Waals surface area contributed by atoms with Crippen molar-refractivity contribution in [2.24, 2.45) is 5.92 Å². The number of hydrogen-bond donors (Lipinski definition) is 3. The fourth-order valence-corrected chi connectivity index (χ4v) is 3.13. The quantitative estimate of drug-likeness (QED) is 0.495. The Labute approximate surface area is 126 Å². The SMILES string of the molecule is COc1cc(C)c(N)cc1S(=O)(=O)NCCCC(C)CO. The average molecular weight is 316 g/mol. The number of benzene rings is 1. The van der Waals surface area contributed by atoms with Gasteiger partial charge in [-0.05, 0) is 43.4 Å². The van der Waals surface area contributed by atoms with Gasteiger partial charge >= 0.3 is 0 Å². The van der Waals surface area contributed by atoms with Crippen LogP contribution in [0.4, 0.5) is 5.69 Å². The number of aliphatic hydroxyl groups excluding tert-OH is 1. The molecule has 0 heterocycles. The van der Waals surface area contributed by atoms with Gasteiger partial charge in [-0.25, -0.2) is 13.1 Å². The van der Waals surface area contributed by atoms with E-state index in [2.05, 4.69) is 4.72 Å². The number of sulfonamides is 1. The summed E-state index contributed by atoms with van der Waals surface area (Å²) in [6, 6.07) is 3.02. The predicted molar refractivity (Wildman–Crippen MR) is 82.8 cm³/mol. The monoisotopic (exact) mass is 316 g/mol. The molecule has 0 saturated carbocycles. The number of methoxy groups -OCH3 is 1. The summed E-state index contributed by atoms with van der Waals surface area (Å²) in [7, 11) is -2.24. The van der Waals surface area contributed by atoms with Crippen molar-refractivity contribution in [3.05, 3.63) is 17.7 Å². The highest BCUT2D eigenvalue weighted by atomic mass is 32.2. The highest BCUT2D eigenvalue weighted by Gasteiger charge is 2.20. The van der Waals surface area contributed by atoms with Crippen molar-refractivity contribution in [2.75, 3.05) is 26.0 Å². The Kier molecular flexibility index (Phi) is 6.44. The standard InChI is InChI=1S/C14H24N2O4S/c1-10(9-17)5-4-6-16-21(18,19)14-8-12(15)11(2)7-13(14)20-3/h7-8,10,16-17H,4-6,9,15H2,1-3H3. The van der Waals surface area contributed by atoms with Crippen LogP contribution in [0.3, 0.4) is 0 Å². The minimum Gasteiger partial charge on any atom is -0.495 e. The van der Waals surface area contributed by atoms with Gasteiger partial charge in [0.15, 0.2) is 0 Å². The van der Waals surface area contributed by atoms with Crippen LogP contribution in [0.25, 0.3) is 0 Å². The summed E-state index contributed by atoms with van der Waals surface area (Å²) in [6.07, 6.45) is 1.41. The number of nitrogens with two attached hydrogens (primary N) is 1. The van der Waals surface area contributed by atoms with Crippen LogP contribution in [0.5, 0.6) is 5.75 Å². The normalized spacial score (nSPS) is 13.1. The highest BCUT2D eigenvalue weighted by Crippen LogP contribution is 2.28. The Morgan fingerprint density at radius 2 is 2.10 bits per heavy atom. The molecule has 0 fully saturated rings. The van der Waals surface area contributed by atoms with Crippen LogP contribution in [0.2, 0.25) is 0 Å². The highest BCUT2D eigenvalue weighted by molar-refractivity contribution is 7.89. The van der Waals surface area contributed by atoms with Gasteiger partial charge in [-0.15, -0.1) is 0 Å². The smallest absolute Gasteiger partial charge is 0.244 e. The van der Waals surface area contributed by atoms with E-state index in [0.717, 1.165) is 12.0 Å². The van der Waals surface area contributed by atoms with E-state index in [9.17, 15) is 8.42 Å². The first-order valence-corrected chi connectivity index (χ1v) is 8.34. The predicted octanol–water partition coefficient (Wildman–Crippen LogP) is 1.27.